The van der Waals surface area contributed by atoms with Gasteiger partial charge in [0.2, 0.25) is 5.95 Å². The van der Waals surface area contributed by atoms with Crippen molar-refractivity contribution in [1.82, 2.24) is 30.4 Å². The first-order chi connectivity index (χ1) is 17.1. The number of methoxy groups -OCH3 is 2. The Balaban J connectivity index is 1.53. The zero-order chi connectivity index (χ0) is 24.4. The summed E-state index contributed by atoms with van der Waals surface area (Å²) >= 11 is 6.46. The fraction of sp³-hybridized carbons (Fsp3) is 0.182. The Hall–Kier alpha value is -3.29. The van der Waals surface area contributed by atoms with Gasteiger partial charge in [-0.2, -0.15) is 4.68 Å². The quantitative estimate of drug-likeness (QED) is 0.255. The van der Waals surface area contributed by atoms with Crippen molar-refractivity contribution >= 4 is 50.9 Å². The van der Waals surface area contributed by atoms with E-state index in [1.54, 1.807) is 11.8 Å². The number of tetrazole rings is 1. The molecule has 0 radical (unpaired) electrons. The molecule has 5 rings (SSSR count). The van der Waals surface area contributed by atoms with E-state index in [9.17, 15) is 4.79 Å². The SMILES string of the molecule is COC(=O)C1=C(CSc2nnc(-c3ccccc3)s2)Nc2nnnn2C1c1cc(Br)ccc1OC. The Morgan fingerprint density at radius 2 is 2.00 bits per heavy atom. The van der Waals surface area contributed by atoms with Gasteiger partial charge in [0.05, 0.1) is 19.8 Å². The van der Waals surface area contributed by atoms with Gasteiger partial charge in [-0.3, -0.25) is 0 Å². The zero-order valence-electron chi connectivity index (χ0n) is 18.5. The summed E-state index contributed by atoms with van der Waals surface area (Å²) in [6, 6.07) is 14.8. The lowest BCUT2D eigenvalue weighted by Gasteiger charge is -2.29. The van der Waals surface area contributed by atoms with Crippen molar-refractivity contribution in [1.29, 1.82) is 0 Å². The van der Waals surface area contributed by atoms with Gasteiger partial charge in [0.25, 0.3) is 0 Å². The number of carbonyl (C=O) groups is 1. The smallest absolute Gasteiger partial charge is 0.338 e. The monoisotopic (exact) mass is 571 g/mol. The molecule has 1 unspecified atom stereocenters. The van der Waals surface area contributed by atoms with Gasteiger partial charge in [0, 0.05) is 27.0 Å². The van der Waals surface area contributed by atoms with Gasteiger partial charge in [-0.25, -0.2) is 4.79 Å². The summed E-state index contributed by atoms with van der Waals surface area (Å²) in [5.41, 5.74) is 2.71. The van der Waals surface area contributed by atoms with Crippen molar-refractivity contribution in [2.24, 2.45) is 0 Å². The molecule has 35 heavy (non-hydrogen) atoms. The number of hydrogen-bond acceptors (Lipinski definition) is 11. The average Bonchev–Trinajstić information content (AvgIpc) is 3.56. The minimum atomic E-state index is -0.661. The molecule has 2 aromatic heterocycles. The molecule has 0 fully saturated rings. The second-order valence-corrected chi connectivity index (χ2v) is 10.4. The largest absolute Gasteiger partial charge is 0.496 e. The van der Waals surface area contributed by atoms with Crippen molar-refractivity contribution in [3.05, 3.63) is 69.8 Å². The van der Waals surface area contributed by atoms with Crippen LogP contribution in [0.4, 0.5) is 5.95 Å². The predicted molar refractivity (Wildman–Crippen MR) is 135 cm³/mol. The van der Waals surface area contributed by atoms with Crippen LogP contribution in [0.2, 0.25) is 0 Å². The van der Waals surface area contributed by atoms with Crippen LogP contribution in [-0.2, 0) is 9.53 Å². The number of thioether (sulfide) groups is 1. The molecule has 3 heterocycles. The van der Waals surface area contributed by atoms with Gasteiger partial charge in [-0.1, -0.05) is 74.5 Å². The lowest BCUT2D eigenvalue weighted by atomic mass is 9.95. The summed E-state index contributed by atoms with van der Waals surface area (Å²) in [7, 11) is 2.92. The number of halogens is 1. The molecule has 1 atom stereocenters. The van der Waals surface area contributed by atoms with E-state index >= 15 is 0 Å². The molecule has 4 aromatic rings. The van der Waals surface area contributed by atoms with Crippen LogP contribution in [0.25, 0.3) is 10.6 Å². The molecule has 0 saturated heterocycles. The van der Waals surface area contributed by atoms with Crippen molar-refractivity contribution in [2.45, 2.75) is 10.4 Å². The maximum Gasteiger partial charge on any atom is 0.338 e. The van der Waals surface area contributed by atoms with Crippen LogP contribution >= 0.6 is 39.0 Å². The third-order valence-electron chi connectivity index (χ3n) is 5.26. The highest BCUT2D eigenvalue weighted by Crippen LogP contribution is 2.41. The number of fused-ring (bicyclic) bond motifs is 1. The summed E-state index contributed by atoms with van der Waals surface area (Å²) in [5, 5.41) is 24.7. The molecule has 1 aliphatic heterocycles. The number of carbonyl (C=O) groups excluding carboxylic acids is 1. The molecule has 0 bridgehead atoms. The van der Waals surface area contributed by atoms with Crippen LogP contribution < -0.4 is 10.1 Å². The minimum Gasteiger partial charge on any atom is -0.496 e. The minimum absolute atomic E-state index is 0.379. The second-order valence-electron chi connectivity index (χ2n) is 7.27. The number of aromatic nitrogens is 6. The van der Waals surface area contributed by atoms with E-state index in [0.29, 0.717) is 34.3 Å². The number of anilines is 1. The molecule has 1 N–H and O–H groups in total. The molecule has 0 amide bonds. The van der Waals surface area contributed by atoms with Crippen molar-refractivity contribution in [2.75, 3.05) is 25.3 Å². The number of rotatable bonds is 7. The first-order valence-electron chi connectivity index (χ1n) is 10.3. The molecule has 10 nitrogen and oxygen atoms in total. The number of nitrogens with one attached hydrogen (secondary N) is 1. The van der Waals surface area contributed by atoms with Gasteiger partial charge < -0.3 is 14.8 Å². The molecular formula is C22H18BrN7O3S2. The van der Waals surface area contributed by atoms with Crippen molar-refractivity contribution < 1.29 is 14.3 Å². The average molecular weight is 572 g/mol. The Bertz CT molecular complexity index is 1410. The van der Waals surface area contributed by atoms with Gasteiger partial charge in [0.1, 0.15) is 16.8 Å². The van der Waals surface area contributed by atoms with Gasteiger partial charge in [-0.05, 0) is 28.6 Å². The molecule has 178 valence electrons. The maximum absolute atomic E-state index is 13.1. The molecule has 2 aromatic carbocycles. The fourth-order valence-electron chi connectivity index (χ4n) is 3.70. The van der Waals surface area contributed by atoms with E-state index in [2.05, 4.69) is 47.0 Å². The van der Waals surface area contributed by atoms with Gasteiger partial charge in [-0.15, -0.1) is 10.2 Å². The standard InChI is InChI=1S/C22H18BrN7O3S2/c1-32-16-9-8-13(23)10-14(16)18-17(20(31)33-2)15(24-21-26-28-29-30(18)21)11-34-22-27-25-19(35-22)12-6-4-3-5-7-12/h3-10,18H,11H2,1-2H3,(H,24,26,29). The van der Waals surface area contributed by atoms with Gasteiger partial charge >= 0.3 is 5.97 Å². The molecule has 0 saturated carbocycles. The summed E-state index contributed by atoms with van der Waals surface area (Å²) in [6.07, 6.45) is 0. The Kier molecular flexibility index (Phi) is 6.79. The van der Waals surface area contributed by atoms with Crippen LogP contribution in [0.5, 0.6) is 5.75 Å². The van der Waals surface area contributed by atoms with Crippen molar-refractivity contribution in [3.8, 4) is 16.3 Å². The van der Waals surface area contributed by atoms with E-state index in [1.165, 1.54) is 30.2 Å². The lowest BCUT2D eigenvalue weighted by Crippen LogP contribution is -2.31. The molecule has 0 aliphatic carbocycles. The van der Waals surface area contributed by atoms with Crippen LogP contribution in [0.1, 0.15) is 11.6 Å². The molecule has 1 aliphatic rings. The number of hydrogen-bond donors (Lipinski definition) is 1. The van der Waals surface area contributed by atoms with E-state index in [4.69, 9.17) is 9.47 Å². The third-order valence-corrected chi connectivity index (χ3v) is 7.88. The van der Waals surface area contributed by atoms with E-state index in [1.807, 2.05) is 48.5 Å². The zero-order valence-corrected chi connectivity index (χ0v) is 21.7. The Morgan fingerprint density at radius 3 is 2.77 bits per heavy atom. The van der Waals surface area contributed by atoms with Crippen LogP contribution in [0, 0.1) is 0 Å². The van der Waals surface area contributed by atoms with Crippen LogP contribution in [0.15, 0.2) is 68.6 Å². The topological polar surface area (TPSA) is 117 Å². The normalized spacial score (nSPS) is 14.9. The number of nitrogens with zero attached hydrogens (tertiary/aromatic N) is 6. The summed E-state index contributed by atoms with van der Waals surface area (Å²) < 4.78 is 13.9. The highest BCUT2D eigenvalue weighted by molar-refractivity contribution is 9.10. The summed E-state index contributed by atoms with van der Waals surface area (Å²) in [6.45, 7) is 0. The number of ether oxygens (including phenoxy) is 2. The second kappa shape index (κ2) is 10.1. The lowest BCUT2D eigenvalue weighted by molar-refractivity contribution is -0.136. The first kappa shape index (κ1) is 23.5. The molecular weight excluding hydrogens is 554 g/mol. The van der Waals surface area contributed by atoms with Crippen molar-refractivity contribution in [3.63, 3.8) is 0 Å². The maximum atomic E-state index is 13.1. The Labute approximate surface area is 216 Å². The summed E-state index contributed by atoms with van der Waals surface area (Å²) in [5.74, 6) is 0.894. The number of benzene rings is 2. The van der Waals surface area contributed by atoms with E-state index in [-0.39, 0.29) is 0 Å². The highest BCUT2D eigenvalue weighted by atomic mass is 79.9. The Morgan fingerprint density at radius 1 is 1.17 bits per heavy atom. The third kappa shape index (κ3) is 4.66. The molecule has 0 spiro atoms. The van der Waals surface area contributed by atoms with Gasteiger partial charge in [0.15, 0.2) is 4.34 Å². The first-order valence-corrected chi connectivity index (χ1v) is 12.9. The summed E-state index contributed by atoms with van der Waals surface area (Å²) in [4.78, 5) is 13.1. The fourth-order valence-corrected chi connectivity index (χ4v) is 5.91. The number of esters is 1. The van der Waals surface area contributed by atoms with Crippen LogP contribution in [-0.4, -0.2) is 56.3 Å². The van der Waals surface area contributed by atoms with E-state index in [0.717, 1.165) is 19.4 Å². The van der Waals surface area contributed by atoms with Crippen LogP contribution in [0.3, 0.4) is 0 Å². The van der Waals surface area contributed by atoms with E-state index < -0.39 is 12.0 Å². The highest BCUT2D eigenvalue weighted by Gasteiger charge is 2.37. The molecule has 13 heteroatoms. The predicted octanol–water partition coefficient (Wildman–Crippen LogP) is 4.20.